The second-order valence-corrected chi connectivity index (χ2v) is 5.70. The van der Waals surface area contributed by atoms with Gasteiger partial charge in [-0.05, 0) is 54.7 Å². The smallest absolute Gasteiger partial charge is 0.288 e. The van der Waals surface area contributed by atoms with Gasteiger partial charge in [-0.3, -0.25) is 20.2 Å². The minimum Gasteiger partial charge on any atom is -0.336 e. The average Bonchev–Trinajstić information content (AvgIpc) is 2.95. The third-order valence-electron chi connectivity index (χ3n) is 3.24. The van der Waals surface area contributed by atoms with Gasteiger partial charge in [0.15, 0.2) is 4.77 Å². The molecular weight excluding hydrogens is 351 g/mol. The average molecular weight is 363 g/mol. The van der Waals surface area contributed by atoms with Crippen LogP contribution in [-0.4, -0.2) is 15.5 Å². The van der Waals surface area contributed by atoms with Crippen molar-refractivity contribution in [3.8, 4) is 5.69 Å². The first-order valence-corrected chi connectivity index (χ1v) is 7.71. The Bertz CT molecular complexity index is 936. The zero-order valence-corrected chi connectivity index (χ0v) is 13.8. The van der Waals surface area contributed by atoms with Crippen LogP contribution in [0.3, 0.4) is 0 Å². The summed E-state index contributed by atoms with van der Waals surface area (Å²) in [6, 6.07) is 12.6. The molecule has 3 rings (SSSR count). The molecule has 0 aliphatic rings. The number of hydrazine groups is 1. The number of hydrogen-bond donors (Lipinski definition) is 3. The van der Waals surface area contributed by atoms with Crippen LogP contribution in [0.1, 0.15) is 10.5 Å². The molecule has 1 aromatic heterocycles. The van der Waals surface area contributed by atoms with Crippen LogP contribution < -0.4 is 10.9 Å². The number of H-pyrrole nitrogens is 1. The number of imidazole rings is 1. The lowest BCUT2D eigenvalue weighted by molar-refractivity contribution is 0.0956. The number of hydrogen-bond acceptors (Lipinski definition) is 3. The molecule has 0 bridgehead atoms. The van der Waals surface area contributed by atoms with Gasteiger partial charge in [0.2, 0.25) is 0 Å². The number of anilines is 1. The zero-order valence-electron chi connectivity index (χ0n) is 12.2. The summed E-state index contributed by atoms with van der Waals surface area (Å²) in [7, 11) is 0. The maximum absolute atomic E-state index is 13.1. The van der Waals surface area contributed by atoms with Crippen LogP contribution in [0.25, 0.3) is 5.69 Å². The third-order valence-corrected chi connectivity index (χ3v) is 3.77. The maximum Gasteiger partial charge on any atom is 0.288 e. The summed E-state index contributed by atoms with van der Waals surface area (Å²) in [5.74, 6) is -0.777. The second kappa shape index (κ2) is 6.86. The third kappa shape index (κ3) is 3.47. The van der Waals surface area contributed by atoms with Crippen LogP contribution in [-0.2, 0) is 0 Å². The Morgan fingerprint density at radius 2 is 1.96 bits per heavy atom. The van der Waals surface area contributed by atoms with E-state index in [0.717, 1.165) is 0 Å². The molecular formula is C16H12ClFN4OS. The van der Waals surface area contributed by atoms with Gasteiger partial charge in [0.25, 0.3) is 5.91 Å². The fraction of sp³-hybridized carbons (Fsp3) is 0. The van der Waals surface area contributed by atoms with Crippen LogP contribution in [0, 0.1) is 10.6 Å². The summed E-state index contributed by atoms with van der Waals surface area (Å²) < 4.78 is 14.9. The maximum atomic E-state index is 13.1. The van der Waals surface area contributed by atoms with E-state index >= 15 is 0 Å². The van der Waals surface area contributed by atoms with E-state index in [1.165, 1.54) is 22.9 Å². The molecule has 0 unspecified atom stereocenters. The number of nitrogens with zero attached hydrogens (tertiary/aromatic N) is 1. The van der Waals surface area contributed by atoms with Gasteiger partial charge in [-0.15, -0.1) is 0 Å². The summed E-state index contributed by atoms with van der Waals surface area (Å²) in [4.78, 5) is 15.2. The van der Waals surface area contributed by atoms with Gasteiger partial charge in [0.1, 0.15) is 11.5 Å². The highest BCUT2D eigenvalue weighted by molar-refractivity contribution is 7.71. The van der Waals surface area contributed by atoms with Crippen molar-refractivity contribution >= 4 is 35.4 Å². The molecule has 3 N–H and O–H groups in total. The highest BCUT2D eigenvalue weighted by Gasteiger charge is 2.14. The number of carbonyl (C=O) groups excluding carboxylic acids is 1. The van der Waals surface area contributed by atoms with Crippen molar-refractivity contribution in [2.75, 3.05) is 5.43 Å². The Kier molecular flexibility index (Phi) is 4.64. The first-order valence-electron chi connectivity index (χ1n) is 6.93. The number of halogens is 2. The molecule has 1 amide bonds. The predicted octanol–water partition coefficient (Wildman–Crippen LogP) is 4.08. The Labute approximate surface area is 147 Å². The monoisotopic (exact) mass is 362 g/mol. The van der Waals surface area contributed by atoms with E-state index in [1.807, 2.05) is 0 Å². The molecule has 0 saturated heterocycles. The minimum absolute atomic E-state index is 0.279. The van der Waals surface area contributed by atoms with Crippen molar-refractivity contribution in [3.05, 3.63) is 76.0 Å². The summed E-state index contributed by atoms with van der Waals surface area (Å²) in [5.41, 5.74) is 6.84. The summed E-state index contributed by atoms with van der Waals surface area (Å²) in [5, 5.41) is 0.546. The molecule has 0 saturated carbocycles. The molecule has 0 aliphatic carbocycles. The molecule has 2 aromatic carbocycles. The molecule has 0 spiro atoms. The van der Waals surface area contributed by atoms with Gasteiger partial charge < -0.3 is 4.98 Å². The highest BCUT2D eigenvalue weighted by atomic mass is 35.5. The molecule has 0 fully saturated rings. The van der Waals surface area contributed by atoms with E-state index in [2.05, 4.69) is 15.8 Å². The van der Waals surface area contributed by atoms with E-state index < -0.39 is 5.91 Å². The number of amides is 1. The van der Waals surface area contributed by atoms with E-state index in [1.54, 1.807) is 36.4 Å². The first-order chi connectivity index (χ1) is 11.5. The molecule has 122 valence electrons. The largest absolute Gasteiger partial charge is 0.336 e. The van der Waals surface area contributed by atoms with Crippen LogP contribution in [0.4, 0.5) is 10.1 Å². The van der Waals surface area contributed by atoms with E-state index in [9.17, 15) is 9.18 Å². The van der Waals surface area contributed by atoms with Gasteiger partial charge in [-0.2, -0.15) is 0 Å². The molecule has 0 atom stereocenters. The lowest BCUT2D eigenvalue weighted by Gasteiger charge is -2.11. The van der Waals surface area contributed by atoms with Crippen LogP contribution in [0.5, 0.6) is 0 Å². The summed E-state index contributed by atoms with van der Waals surface area (Å²) in [6.07, 6.45) is 1.49. The minimum atomic E-state index is -0.411. The molecule has 0 aliphatic heterocycles. The normalized spacial score (nSPS) is 10.4. The van der Waals surface area contributed by atoms with Gasteiger partial charge >= 0.3 is 0 Å². The Hall–Kier alpha value is -2.64. The molecule has 5 nitrogen and oxygen atoms in total. The Balaban J connectivity index is 1.83. The number of aromatic nitrogens is 2. The van der Waals surface area contributed by atoms with Crippen molar-refractivity contribution in [2.45, 2.75) is 0 Å². The van der Waals surface area contributed by atoms with E-state index in [-0.39, 0.29) is 11.5 Å². The number of benzene rings is 2. The predicted molar refractivity (Wildman–Crippen MR) is 93.5 cm³/mol. The van der Waals surface area contributed by atoms with Crippen molar-refractivity contribution < 1.29 is 9.18 Å². The van der Waals surface area contributed by atoms with Crippen molar-refractivity contribution in [1.82, 2.24) is 15.0 Å². The molecule has 1 heterocycles. The van der Waals surface area contributed by atoms with Gasteiger partial charge in [0.05, 0.1) is 5.69 Å². The molecule has 0 radical (unpaired) electrons. The van der Waals surface area contributed by atoms with Crippen molar-refractivity contribution in [3.63, 3.8) is 0 Å². The van der Waals surface area contributed by atoms with Gasteiger partial charge in [-0.1, -0.05) is 17.7 Å². The van der Waals surface area contributed by atoms with Gasteiger partial charge in [0, 0.05) is 16.9 Å². The van der Waals surface area contributed by atoms with E-state index in [0.29, 0.717) is 21.2 Å². The quantitative estimate of drug-likeness (QED) is 0.484. The van der Waals surface area contributed by atoms with Gasteiger partial charge in [-0.25, -0.2) is 4.39 Å². The van der Waals surface area contributed by atoms with Crippen molar-refractivity contribution in [2.24, 2.45) is 0 Å². The number of carbonyl (C=O) groups is 1. The fourth-order valence-electron chi connectivity index (χ4n) is 2.14. The number of rotatable bonds is 4. The molecule has 24 heavy (non-hydrogen) atoms. The zero-order chi connectivity index (χ0) is 17.1. The lowest BCUT2D eigenvalue weighted by atomic mass is 10.3. The molecule has 3 aromatic rings. The number of aromatic amines is 1. The van der Waals surface area contributed by atoms with Crippen LogP contribution in [0.15, 0.2) is 54.7 Å². The Morgan fingerprint density at radius 3 is 2.67 bits per heavy atom. The highest BCUT2D eigenvalue weighted by Crippen LogP contribution is 2.15. The number of nitrogens with one attached hydrogen (secondary N) is 3. The standard InChI is InChI=1S/C16H12ClFN4OS/c17-10-2-1-3-12(8-10)20-21-15(23)14-9-19-16(24)22(14)13-6-4-11(18)5-7-13/h1-9,20H,(H,19,24)(H,21,23). The van der Waals surface area contributed by atoms with Crippen LogP contribution >= 0.6 is 23.8 Å². The summed E-state index contributed by atoms with van der Waals surface area (Å²) in [6.45, 7) is 0. The van der Waals surface area contributed by atoms with Crippen LogP contribution in [0.2, 0.25) is 5.02 Å². The molecule has 8 heteroatoms. The lowest BCUT2D eigenvalue weighted by Crippen LogP contribution is -2.30. The van der Waals surface area contributed by atoms with E-state index in [4.69, 9.17) is 23.8 Å². The second-order valence-electron chi connectivity index (χ2n) is 4.88. The van der Waals surface area contributed by atoms with Crippen molar-refractivity contribution in [1.29, 1.82) is 0 Å². The SMILES string of the molecule is O=C(NNc1cccc(Cl)c1)c1c[nH]c(=S)n1-c1ccc(F)cc1. The Morgan fingerprint density at radius 1 is 1.21 bits per heavy atom. The first kappa shape index (κ1) is 16.2. The topological polar surface area (TPSA) is 61.9 Å². The summed E-state index contributed by atoms with van der Waals surface area (Å²) >= 11 is 11.1. The fourth-order valence-corrected chi connectivity index (χ4v) is 2.59.